The van der Waals surface area contributed by atoms with Gasteiger partial charge in [-0.25, -0.2) is 4.98 Å². The molecule has 0 aliphatic heterocycles. The Balaban J connectivity index is 1.74. The highest BCUT2D eigenvalue weighted by atomic mass is 16.1. The number of anilines is 4. The first-order valence-corrected chi connectivity index (χ1v) is 9.77. The summed E-state index contributed by atoms with van der Waals surface area (Å²) in [5, 5.41) is 6.68. The zero-order chi connectivity index (χ0) is 19.5. The topological polar surface area (TPSA) is 66.9 Å². The van der Waals surface area contributed by atoms with Crippen molar-refractivity contribution in [1.29, 1.82) is 0 Å². The SMILES string of the molecule is CCc1ccccc1Nc1nc(Nc2ccc(C)cc2)nc2c1C(=O)CCC2. The van der Waals surface area contributed by atoms with Gasteiger partial charge in [-0.3, -0.25) is 4.79 Å². The van der Waals surface area contributed by atoms with Gasteiger partial charge < -0.3 is 10.6 Å². The van der Waals surface area contributed by atoms with Crippen LogP contribution in [-0.2, 0) is 12.8 Å². The Hall–Kier alpha value is -3.21. The summed E-state index contributed by atoms with van der Waals surface area (Å²) in [4.78, 5) is 21.9. The molecule has 5 heteroatoms. The van der Waals surface area contributed by atoms with Crippen molar-refractivity contribution in [2.45, 2.75) is 39.5 Å². The molecule has 5 nitrogen and oxygen atoms in total. The molecule has 0 spiro atoms. The van der Waals surface area contributed by atoms with Crippen molar-refractivity contribution in [1.82, 2.24) is 9.97 Å². The zero-order valence-electron chi connectivity index (χ0n) is 16.2. The van der Waals surface area contributed by atoms with Crippen LogP contribution in [0.1, 0.15) is 46.9 Å². The summed E-state index contributed by atoms with van der Waals surface area (Å²) in [6.07, 6.45) is 3.07. The van der Waals surface area contributed by atoms with E-state index in [0.29, 0.717) is 23.8 Å². The predicted octanol–water partition coefficient (Wildman–Crippen LogP) is 5.35. The summed E-state index contributed by atoms with van der Waals surface area (Å²) in [5.41, 5.74) is 5.73. The number of Topliss-reactive ketones (excluding diaryl/α,β-unsaturated/α-hetero) is 1. The molecule has 0 saturated carbocycles. The average molecular weight is 372 g/mol. The maximum atomic E-state index is 12.6. The van der Waals surface area contributed by atoms with E-state index in [1.807, 2.05) is 42.5 Å². The third-order valence-electron chi connectivity index (χ3n) is 5.04. The fourth-order valence-electron chi connectivity index (χ4n) is 3.51. The highest BCUT2D eigenvalue weighted by Gasteiger charge is 2.25. The van der Waals surface area contributed by atoms with Crippen LogP contribution in [-0.4, -0.2) is 15.8 Å². The highest BCUT2D eigenvalue weighted by molar-refractivity contribution is 6.03. The van der Waals surface area contributed by atoms with Gasteiger partial charge in [0.1, 0.15) is 5.82 Å². The summed E-state index contributed by atoms with van der Waals surface area (Å²) in [5.74, 6) is 1.21. The van der Waals surface area contributed by atoms with Gasteiger partial charge in [0.05, 0.1) is 11.3 Å². The second-order valence-corrected chi connectivity index (χ2v) is 7.12. The van der Waals surface area contributed by atoms with E-state index >= 15 is 0 Å². The first-order chi connectivity index (χ1) is 13.6. The van der Waals surface area contributed by atoms with Crippen LogP contribution < -0.4 is 10.6 Å². The molecule has 0 radical (unpaired) electrons. The van der Waals surface area contributed by atoms with E-state index in [-0.39, 0.29) is 5.78 Å². The second-order valence-electron chi connectivity index (χ2n) is 7.12. The molecule has 0 atom stereocenters. The number of benzene rings is 2. The molecule has 1 heterocycles. The van der Waals surface area contributed by atoms with Crippen LogP contribution in [0.15, 0.2) is 48.5 Å². The number of aryl methyl sites for hydroxylation is 3. The van der Waals surface area contributed by atoms with Gasteiger partial charge >= 0.3 is 0 Å². The van der Waals surface area contributed by atoms with E-state index in [0.717, 1.165) is 36.3 Å². The largest absolute Gasteiger partial charge is 0.339 e. The zero-order valence-corrected chi connectivity index (χ0v) is 16.2. The van der Waals surface area contributed by atoms with Crippen LogP contribution in [0.3, 0.4) is 0 Å². The Morgan fingerprint density at radius 3 is 2.54 bits per heavy atom. The van der Waals surface area contributed by atoms with Crippen molar-refractivity contribution in [3.05, 3.63) is 70.9 Å². The van der Waals surface area contributed by atoms with E-state index in [2.05, 4.69) is 40.5 Å². The number of hydrogen-bond donors (Lipinski definition) is 2. The maximum absolute atomic E-state index is 12.6. The predicted molar refractivity (Wildman–Crippen MR) is 113 cm³/mol. The number of para-hydroxylation sites is 1. The molecule has 142 valence electrons. The molecule has 4 rings (SSSR count). The molecule has 0 saturated heterocycles. The van der Waals surface area contributed by atoms with Crippen LogP contribution >= 0.6 is 0 Å². The molecule has 1 aliphatic rings. The van der Waals surface area contributed by atoms with Crippen LogP contribution in [0.4, 0.5) is 23.1 Å². The van der Waals surface area contributed by atoms with Crippen molar-refractivity contribution < 1.29 is 4.79 Å². The fraction of sp³-hybridized carbons (Fsp3) is 0.261. The molecule has 28 heavy (non-hydrogen) atoms. The Morgan fingerprint density at radius 1 is 0.964 bits per heavy atom. The molecule has 0 unspecified atom stereocenters. The van der Waals surface area contributed by atoms with Gasteiger partial charge in [0, 0.05) is 17.8 Å². The van der Waals surface area contributed by atoms with E-state index in [1.165, 1.54) is 11.1 Å². The lowest BCUT2D eigenvalue weighted by molar-refractivity contribution is 0.0972. The van der Waals surface area contributed by atoms with Crippen molar-refractivity contribution in [3.8, 4) is 0 Å². The fourth-order valence-corrected chi connectivity index (χ4v) is 3.51. The van der Waals surface area contributed by atoms with E-state index in [4.69, 9.17) is 0 Å². The number of nitrogens with zero attached hydrogens (tertiary/aromatic N) is 2. The lowest BCUT2D eigenvalue weighted by atomic mass is 9.95. The molecule has 2 aromatic carbocycles. The van der Waals surface area contributed by atoms with Gasteiger partial charge in [-0.2, -0.15) is 4.98 Å². The highest BCUT2D eigenvalue weighted by Crippen LogP contribution is 2.30. The number of rotatable bonds is 5. The number of carbonyl (C=O) groups is 1. The molecular formula is C23H24N4O. The standard InChI is InChI=1S/C23H24N4O/c1-3-16-7-4-5-8-18(16)25-22-21-19(9-6-10-20(21)28)26-23(27-22)24-17-13-11-15(2)12-14-17/h4-5,7-8,11-14H,3,6,9-10H2,1-2H3,(H2,24,25,26,27). The Bertz CT molecular complexity index is 1010. The monoisotopic (exact) mass is 372 g/mol. The lowest BCUT2D eigenvalue weighted by Gasteiger charge is -2.20. The van der Waals surface area contributed by atoms with Gasteiger partial charge in [-0.1, -0.05) is 42.8 Å². The first-order valence-electron chi connectivity index (χ1n) is 9.77. The molecule has 0 bridgehead atoms. The van der Waals surface area contributed by atoms with Gasteiger partial charge in [0.15, 0.2) is 5.78 Å². The van der Waals surface area contributed by atoms with E-state index in [9.17, 15) is 4.79 Å². The van der Waals surface area contributed by atoms with Crippen LogP contribution in [0.25, 0.3) is 0 Å². The number of carbonyl (C=O) groups excluding carboxylic acids is 1. The third-order valence-corrected chi connectivity index (χ3v) is 5.04. The lowest BCUT2D eigenvalue weighted by Crippen LogP contribution is -2.18. The van der Waals surface area contributed by atoms with Crippen LogP contribution in [0.5, 0.6) is 0 Å². The van der Waals surface area contributed by atoms with E-state index < -0.39 is 0 Å². The summed E-state index contributed by atoms with van der Waals surface area (Å²) in [6, 6.07) is 16.2. The quantitative estimate of drug-likeness (QED) is 0.632. The van der Waals surface area contributed by atoms with Gasteiger partial charge in [0.2, 0.25) is 5.95 Å². The summed E-state index contributed by atoms with van der Waals surface area (Å²) < 4.78 is 0. The molecule has 1 aliphatic carbocycles. The number of ketones is 1. The van der Waals surface area contributed by atoms with E-state index in [1.54, 1.807) is 0 Å². The molecule has 2 N–H and O–H groups in total. The summed E-state index contributed by atoms with van der Waals surface area (Å²) >= 11 is 0. The summed E-state index contributed by atoms with van der Waals surface area (Å²) in [7, 11) is 0. The smallest absolute Gasteiger partial charge is 0.229 e. The van der Waals surface area contributed by atoms with Crippen molar-refractivity contribution in [3.63, 3.8) is 0 Å². The minimum Gasteiger partial charge on any atom is -0.339 e. The first kappa shape index (κ1) is 18.2. The van der Waals surface area contributed by atoms with Crippen molar-refractivity contribution in [2.24, 2.45) is 0 Å². The number of hydrogen-bond acceptors (Lipinski definition) is 5. The average Bonchev–Trinajstić information content (AvgIpc) is 2.70. The minimum atomic E-state index is 0.111. The number of fused-ring (bicyclic) bond motifs is 1. The molecule has 3 aromatic rings. The minimum absolute atomic E-state index is 0.111. The van der Waals surface area contributed by atoms with Gasteiger partial charge in [-0.05, 0) is 49.9 Å². The van der Waals surface area contributed by atoms with Crippen molar-refractivity contribution >= 4 is 28.9 Å². The molecular weight excluding hydrogens is 348 g/mol. The Labute approximate surface area is 165 Å². The maximum Gasteiger partial charge on any atom is 0.229 e. The normalized spacial score (nSPS) is 13.1. The number of aromatic nitrogens is 2. The second kappa shape index (κ2) is 7.80. The van der Waals surface area contributed by atoms with Crippen LogP contribution in [0, 0.1) is 6.92 Å². The Kier molecular flexibility index (Phi) is 5.06. The molecule has 0 amide bonds. The number of nitrogens with one attached hydrogen (secondary N) is 2. The Morgan fingerprint density at radius 2 is 1.75 bits per heavy atom. The molecule has 0 fully saturated rings. The third kappa shape index (κ3) is 3.74. The van der Waals surface area contributed by atoms with Crippen molar-refractivity contribution in [2.75, 3.05) is 10.6 Å². The van der Waals surface area contributed by atoms with Gasteiger partial charge in [-0.15, -0.1) is 0 Å². The molecule has 1 aromatic heterocycles. The van der Waals surface area contributed by atoms with Crippen LogP contribution in [0.2, 0.25) is 0 Å². The summed E-state index contributed by atoms with van der Waals surface area (Å²) in [6.45, 7) is 4.17. The van der Waals surface area contributed by atoms with Gasteiger partial charge in [0.25, 0.3) is 0 Å².